The van der Waals surface area contributed by atoms with Crippen molar-refractivity contribution in [3.8, 4) is 0 Å². The van der Waals surface area contributed by atoms with E-state index in [9.17, 15) is 14.4 Å². The summed E-state index contributed by atoms with van der Waals surface area (Å²) >= 11 is 0. The molecule has 0 saturated heterocycles. The van der Waals surface area contributed by atoms with Gasteiger partial charge in [0.15, 0.2) is 11.6 Å². The standard InChI is InChI=1S/C27H32O4/c1-2-3-4-5-6-7-8-9-10-13-18-31-27(30)20-16-17-23-24(19-20)26(29)22-15-12-11-14-21(22)25(23)28/h11-12,14-17,19H,2-10,13,18H2,1H3. The molecule has 0 bridgehead atoms. The number of carbonyl (C=O) groups is 3. The van der Waals surface area contributed by atoms with Crippen LogP contribution in [0.25, 0.3) is 0 Å². The highest BCUT2D eigenvalue weighted by molar-refractivity contribution is 6.28. The number of esters is 1. The molecule has 0 saturated carbocycles. The van der Waals surface area contributed by atoms with Crippen molar-refractivity contribution < 1.29 is 19.1 Å². The number of hydrogen-bond donors (Lipinski definition) is 0. The van der Waals surface area contributed by atoms with Gasteiger partial charge in [0.2, 0.25) is 0 Å². The molecule has 1 aliphatic rings. The van der Waals surface area contributed by atoms with E-state index in [1.807, 2.05) is 0 Å². The highest BCUT2D eigenvalue weighted by Gasteiger charge is 2.30. The number of ether oxygens (including phenoxy) is 1. The number of hydrogen-bond acceptors (Lipinski definition) is 4. The lowest BCUT2D eigenvalue weighted by atomic mass is 9.83. The molecule has 0 aliphatic heterocycles. The molecule has 0 radical (unpaired) electrons. The van der Waals surface area contributed by atoms with Gasteiger partial charge >= 0.3 is 5.97 Å². The van der Waals surface area contributed by atoms with Crippen molar-refractivity contribution >= 4 is 17.5 Å². The van der Waals surface area contributed by atoms with E-state index in [2.05, 4.69) is 6.92 Å². The van der Waals surface area contributed by atoms with Gasteiger partial charge in [-0.15, -0.1) is 0 Å². The summed E-state index contributed by atoms with van der Waals surface area (Å²) in [5, 5.41) is 0. The Morgan fingerprint density at radius 1 is 0.677 bits per heavy atom. The van der Waals surface area contributed by atoms with E-state index in [0.717, 1.165) is 12.8 Å². The first-order valence-electron chi connectivity index (χ1n) is 11.6. The van der Waals surface area contributed by atoms with Crippen LogP contribution in [-0.4, -0.2) is 24.1 Å². The zero-order valence-electron chi connectivity index (χ0n) is 18.5. The summed E-state index contributed by atoms with van der Waals surface area (Å²) in [7, 11) is 0. The third-order valence-electron chi connectivity index (χ3n) is 5.89. The molecule has 1 aliphatic carbocycles. The van der Waals surface area contributed by atoms with Gasteiger partial charge in [0.25, 0.3) is 0 Å². The van der Waals surface area contributed by atoms with Crippen molar-refractivity contribution in [2.75, 3.05) is 6.61 Å². The average molecular weight is 421 g/mol. The largest absolute Gasteiger partial charge is 0.462 e. The lowest BCUT2D eigenvalue weighted by Gasteiger charge is -2.17. The van der Waals surface area contributed by atoms with Crippen molar-refractivity contribution in [1.82, 2.24) is 0 Å². The Bertz CT molecular complexity index is 929. The van der Waals surface area contributed by atoms with Gasteiger partial charge in [-0.2, -0.15) is 0 Å². The third-order valence-corrected chi connectivity index (χ3v) is 5.89. The average Bonchev–Trinajstić information content (AvgIpc) is 2.80. The smallest absolute Gasteiger partial charge is 0.338 e. The van der Waals surface area contributed by atoms with Gasteiger partial charge in [0, 0.05) is 22.3 Å². The van der Waals surface area contributed by atoms with Crippen LogP contribution in [-0.2, 0) is 4.74 Å². The monoisotopic (exact) mass is 420 g/mol. The molecular weight excluding hydrogens is 388 g/mol. The molecule has 0 heterocycles. The van der Waals surface area contributed by atoms with Crippen molar-refractivity contribution in [2.24, 2.45) is 0 Å². The van der Waals surface area contributed by atoms with Crippen molar-refractivity contribution in [3.63, 3.8) is 0 Å². The second kappa shape index (κ2) is 11.6. The van der Waals surface area contributed by atoms with E-state index in [0.29, 0.717) is 28.9 Å². The molecule has 0 aromatic heterocycles. The maximum atomic E-state index is 12.8. The summed E-state index contributed by atoms with van der Waals surface area (Å²) < 4.78 is 5.39. The molecule has 3 rings (SSSR count). The minimum Gasteiger partial charge on any atom is -0.462 e. The maximum absolute atomic E-state index is 12.8. The minimum absolute atomic E-state index is 0.185. The van der Waals surface area contributed by atoms with Crippen LogP contribution in [0, 0.1) is 0 Å². The number of fused-ring (bicyclic) bond motifs is 2. The zero-order valence-corrected chi connectivity index (χ0v) is 18.5. The number of unbranched alkanes of at least 4 members (excludes halogenated alkanes) is 9. The van der Waals surface area contributed by atoms with Crippen molar-refractivity contribution in [2.45, 2.75) is 71.1 Å². The van der Waals surface area contributed by atoms with Gasteiger partial charge in [0.1, 0.15) is 0 Å². The van der Waals surface area contributed by atoms with Crippen LogP contribution in [0.1, 0.15) is 113 Å². The number of benzene rings is 2. The van der Waals surface area contributed by atoms with E-state index in [4.69, 9.17) is 4.74 Å². The molecule has 4 heteroatoms. The summed E-state index contributed by atoms with van der Waals surface area (Å²) in [4.78, 5) is 37.8. The Morgan fingerprint density at radius 2 is 1.19 bits per heavy atom. The lowest BCUT2D eigenvalue weighted by molar-refractivity contribution is 0.0497. The van der Waals surface area contributed by atoms with Crippen LogP contribution in [0.15, 0.2) is 42.5 Å². The second-order valence-corrected chi connectivity index (χ2v) is 8.28. The van der Waals surface area contributed by atoms with E-state index in [1.54, 1.807) is 36.4 Å². The van der Waals surface area contributed by atoms with E-state index >= 15 is 0 Å². The minimum atomic E-state index is -0.446. The van der Waals surface area contributed by atoms with Gasteiger partial charge in [0.05, 0.1) is 12.2 Å². The van der Waals surface area contributed by atoms with Crippen LogP contribution >= 0.6 is 0 Å². The molecule has 0 N–H and O–H groups in total. The highest BCUT2D eigenvalue weighted by atomic mass is 16.5. The molecule has 4 nitrogen and oxygen atoms in total. The van der Waals surface area contributed by atoms with Gasteiger partial charge < -0.3 is 4.74 Å². The highest BCUT2D eigenvalue weighted by Crippen LogP contribution is 2.28. The number of carbonyl (C=O) groups excluding carboxylic acids is 3. The second-order valence-electron chi connectivity index (χ2n) is 8.28. The van der Waals surface area contributed by atoms with Crippen LogP contribution in [0.2, 0.25) is 0 Å². The van der Waals surface area contributed by atoms with Gasteiger partial charge in [-0.1, -0.05) is 89.0 Å². The number of ketones is 2. The Morgan fingerprint density at radius 3 is 1.81 bits per heavy atom. The molecule has 2 aromatic carbocycles. The van der Waals surface area contributed by atoms with Crippen LogP contribution in [0.3, 0.4) is 0 Å². The Kier molecular flexibility index (Phi) is 8.57. The van der Waals surface area contributed by atoms with Crippen LogP contribution < -0.4 is 0 Å². The quantitative estimate of drug-likeness (QED) is 0.246. The Hall–Kier alpha value is -2.75. The Labute approximate surface area is 185 Å². The molecule has 31 heavy (non-hydrogen) atoms. The Balaban J connectivity index is 1.43. The fourth-order valence-corrected chi connectivity index (χ4v) is 4.06. The number of rotatable bonds is 12. The summed E-state index contributed by atoms with van der Waals surface area (Å²) in [6.07, 6.45) is 12.2. The van der Waals surface area contributed by atoms with Crippen molar-refractivity contribution in [1.29, 1.82) is 0 Å². The summed E-state index contributed by atoms with van der Waals surface area (Å²) in [6.45, 7) is 2.61. The molecule has 0 spiro atoms. The molecule has 0 amide bonds. The molecule has 2 aromatic rings. The molecule has 0 fully saturated rings. The lowest BCUT2D eigenvalue weighted by Crippen LogP contribution is -2.21. The van der Waals surface area contributed by atoms with E-state index in [1.165, 1.54) is 57.4 Å². The molecule has 0 unspecified atom stereocenters. The maximum Gasteiger partial charge on any atom is 0.338 e. The zero-order chi connectivity index (χ0) is 22.1. The van der Waals surface area contributed by atoms with E-state index in [-0.39, 0.29) is 17.1 Å². The van der Waals surface area contributed by atoms with Crippen LogP contribution in [0.5, 0.6) is 0 Å². The molecule has 164 valence electrons. The first-order chi connectivity index (χ1) is 15.1. The topological polar surface area (TPSA) is 60.4 Å². The summed E-state index contributed by atoms with van der Waals surface area (Å²) in [5.41, 5.74) is 1.73. The summed E-state index contributed by atoms with van der Waals surface area (Å²) in [6, 6.07) is 11.4. The van der Waals surface area contributed by atoms with Crippen molar-refractivity contribution in [3.05, 3.63) is 70.3 Å². The predicted molar refractivity (Wildman–Crippen MR) is 122 cm³/mol. The van der Waals surface area contributed by atoms with Gasteiger partial charge in [-0.3, -0.25) is 9.59 Å². The fourth-order valence-electron chi connectivity index (χ4n) is 4.06. The summed E-state index contributed by atoms with van der Waals surface area (Å²) in [5.74, 6) is -0.858. The molecular formula is C27H32O4. The first kappa shape index (κ1) is 22.9. The van der Waals surface area contributed by atoms with Gasteiger partial charge in [-0.25, -0.2) is 4.79 Å². The van der Waals surface area contributed by atoms with Gasteiger partial charge in [-0.05, 0) is 24.6 Å². The van der Waals surface area contributed by atoms with E-state index < -0.39 is 5.97 Å². The molecule has 0 atom stereocenters. The SMILES string of the molecule is CCCCCCCCCCCCOC(=O)c1ccc2c(c1)C(=O)c1ccccc1C2=O. The normalized spacial score (nSPS) is 12.4. The fraction of sp³-hybridized carbons (Fsp3) is 0.444. The van der Waals surface area contributed by atoms with Crippen LogP contribution in [0.4, 0.5) is 0 Å². The predicted octanol–water partition coefficient (Wildman–Crippen LogP) is 6.54. The first-order valence-corrected chi connectivity index (χ1v) is 11.6. The third kappa shape index (κ3) is 5.90.